The van der Waals surface area contributed by atoms with Gasteiger partial charge in [-0.1, -0.05) is 0 Å². The number of methoxy groups -OCH3 is 1. The first-order chi connectivity index (χ1) is 8.22. The summed E-state index contributed by atoms with van der Waals surface area (Å²) in [5, 5.41) is 0. The van der Waals surface area contributed by atoms with Gasteiger partial charge in [-0.15, -0.1) is 0 Å². The molecule has 1 atom stereocenters. The van der Waals surface area contributed by atoms with Gasteiger partial charge < -0.3 is 9.64 Å². The molecular weight excluding hydrogens is 216 g/mol. The van der Waals surface area contributed by atoms with Crippen molar-refractivity contribution in [2.24, 2.45) is 0 Å². The molecule has 0 N–H and O–H groups in total. The van der Waals surface area contributed by atoms with Gasteiger partial charge in [0.15, 0.2) is 5.78 Å². The Labute approximate surface area is 102 Å². The van der Waals surface area contributed by atoms with Crippen LogP contribution in [0.5, 0.6) is 5.88 Å². The van der Waals surface area contributed by atoms with Crippen molar-refractivity contribution in [3.05, 3.63) is 18.3 Å². The van der Waals surface area contributed by atoms with E-state index in [0.29, 0.717) is 5.88 Å². The standard InChI is InChI=1S/C13H18N2O2/c1-10(16)12-5-3-4-8-15(12)11-6-7-14-13(9-11)17-2/h6-7,9,12H,3-5,8H2,1-2H3. The molecule has 1 aliphatic heterocycles. The van der Waals surface area contributed by atoms with Crippen LogP contribution in [-0.4, -0.2) is 30.5 Å². The predicted molar refractivity (Wildman–Crippen MR) is 66.5 cm³/mol. The summed E-state index contributed by atoms with van der Waals surface area (Å²) in [5.41, 5.74) is 1.02. The summed E-state index contributed by atoms with van der Waals surface area (Å²) in [6.45, 7) is 2.60. The van der Waals surface area contributed by atoms with Gasteiger partial charge in [0.05, 0.1) is 13.2 Å². The van der Waals surface area contributed by atoms with Gasteiger partial charge in [0.2, 0.25) is 5.88 Å². The van der Waals surface area contributed by atoms with Crippen molar-refractivity contribution in [3.63, 3.8) is 0 Å². The van der Waals surface area contributed by atoms with E-state index in [1.807, 2.05) is 12.1 Å². The molecule has 0 amide bonds. The molecule has 0 spiro atoms. The van der Waals surface area contributed by atoms with Crippen LogP contribution in [0.25, 0.3) is 0 Å². The van der Waals surface area contributed by atoms with Crippen molar-refractivity contribution in [1.82, 2.24) is 4.98 Å². The lowest BCUT2D eigenvalue weighted by molar-refractivity contribution is -0.118. The first-order valence-corrected chi connectivity index (χ1v) is 5.99. The minimum absolute atomic E-state index is 0.0101. The summed E-state index contributed by atoms with van der Waals surface area (Å²) in [5.74, 6) is 0.829. The molecule has 1 aromatic heterocycles. The molecule has 1 aliphatic rings. The van der Waals surface area contributed by atoms with E-state index in [-0.39, 0.29) is 11.8 Å². The Morgan fingerprint density at radius 1 is 1.53 bits per heavy atom. The minimum atomic E-state index is 0.0101. The molecule has 4 heteroatoms. The number of ether oxygens (including phenoxy) is 1. The highest BCUT2D eigenvalue weighted by molar-refractivity contribution is 5.85. The monoisotopic (exact) mass is 234 g/mol. The largest absolute Gasteiger partial charge is 0.481 e. The second-order valence-electron chi connectivity index (χ2n) is 4.37. The highest BCUT2D eigenvalue weighted by Gasteiger charge is 2.26. The van der Waals surface area contributed by atoms with Crippen LogP contribution in [0.2, 0.25) is 0 Å². The molecule has 0 aromatic carbocycles. The third-order valence-corrected chi connectivity index (χ3v) is 3.23. The van der Waals surface area contributed by atoms with E-state index in [2.05, 4.69) is 9.88 Å². The van der Waals surface area contributed by atoms with E-state index in [4.69, 9.17) is 4.74 Å². The smallest absolute Gasteiger partial charge is 0.214 e. The van der Waals surface area contributed by atoms with Crippen LogP contribution in [0.1, 0.15) is 26.2 Å². The van der Waals surface area contributed by atoms with E-state index in [1.165, 1.54) is 0 Å². The van der Waals surface area contributed by atoms with Gasteiger partial charge in [-0.05, 0) is 32.3 Å². The molecule has 17 heavy (non-hydrogen) atoms. The van der Waals surface area contributed by atoms with Gasteiger partial charge in [-0.2, -0.15) is 0 Å². The van der Waals surface area contributed by atoms with Crippen molar-refractivity contribution < 1.29 is 9.53 Å². The molecule has 92 valence electrons. The number of piperidine rings is 1. The van der Waals surface area contributed by atoms with Crippen LogP contribution < -0.4 is 9.64 Å². The van der Waals surface area contributed by atoms with Crippen LogP contribution in [0.4, 0.5) is 5.69 Å². The van der Waals surface area contributed by atoms with Crippen molar-refractivity contribution in [1.29, 1.82) is 0 Å². The number of pyridine rings is 1. The van der Waals surface area contributed by atoms with E-state index >= 15 is 0 Å². The Balaban J connectivity index is 2.26. The lowest BCUT2D eigenvalue weighted by atomic mass is 9.98. The van der Waals surface area contributed by atoms with Crippen molar-refractivity contribution in [3.8, 4) is 5.88 Å². The minimum Gasteiger partial charge on any atom is -0.481 e. The molecule has 0 saturated carbocycles. The van der Waals surface area contributed by atoms with Gasteiger partial charge >= 0.3 is 0 Å². The summed E-state index contributed by atoms with van der Waals surface area (Å²) < 4.78 is 5.12. The molecule has 0 aliphatic carbocycles. The topological polar surface area (TPSA) is 42.4 Å². The normalized spacial score (nSPS) is 20.1. The van der Waals surface area contributed by atoms with E-state index in [1.54, 1.807) is 20.2 Å². The first kappa shape index (κ1) is 11.9. The average molecular weight is 234 g/mol. The zero-order valence-corrected chi connectivity index (χ0v) is 10.3. The van der Waals surface area contributed by atoms with Crippen molar-refractivity contribution >= 4 is 11.5 Å². The molecule has 2 rings (SSSR count). The number of Topliss-reactive ketones (excluding diaryl/α,β-unsaturated/α-hetero) is 1. The molecule has 1 saturated heterocycles. The van der Waals surface area contributed by atoms with E-state index in [0.717, 1.165) is 31.5 Å². The number of nitrogens with zero attached hydrogens (tertiary/aromatic N) is 2. The van der Waals surface area contributed by atoms with E-state index < -0.39 is 0 Å². The lowest BCUT2D eigenvalue weighted by Gasteiger charge is -2.36. The van der Waals surface area contributed by atoms with Gasteiger partial charge in [0.25, 0.3) is 0 Å². The van der Waals surface area contributed by atoms with Crippen LogP contribution in [0.3, 0.4) is 0 Å². The number of hydrogen-bond donors (Lipinski definition) is 0. The Kier molecular flexibility index (Phi) is 3.61. The molecule has 0 radical (unpaired) electrons. The molecule has 1 aromatic rings. The second kappa shape index (κ2) is 5.17. The third kappa shape index (κ3) is 2.57. The fourth-order valence-corrected chi connectivity index (χ4v) is 2.35. The maximum absolute atomic E-state index is 11.6. The number of hydrogen-bond acceptors (Lipinski definition) is 4. The van der Waals surface area contributed by atoms with Gasteiger partial charge in [-0.25, -0.2) is 4.98 Å². The van der Waals surface area contributed by atoms with Crippen LogP contribution in [-0.2, 0) is 4.79 Å². The Bertz CT molecular complexity index is 406. The fraction of sp³-hybridized carbons (Fsp3) is 0.538. The maximum Gasteiger partial charge on any atom is 0.214 e. The van der Waals surface area contributed by atoms with Crippen LogP contribution >= 0.6 is 0 Å². The SMILES string of the molecule is COc1cc(N2CCCCC2C(C)=O)ccn1. The predicted octanol–water partition coefficient (Wildman–Crippen LogP) is 2.04. The Morgan fingerprint density at radius 3 is 3.06 bits per heavy atom. The highest BCUT2D eigenvalue weighted by Crippen LogP contribution is 2.26. The molecular formula is C13H18N2O2. The lowest BCUT2D eigenvalue weighted by Crippen LogP contribution is -2.43. The average Bonchev–Trinajstić information content (AvgIpc) is 2.39. The number of carbonyl (C=O) groups excluding carboxylic acids is 1. The summed E-state index contributed by atoms with van der Waals surface area (Å²) in [6.07, 6.45) is 4.93. The fourth-order valence-electron chi connectivity index (χ4n) is 2.35. The zero-order valence-electron chi connectivity index (χ0n) is 10.3. The zero-order chi connectivity index (χ0) is 12.3. The van der Waals surface area contributed by atoms with Gasteiger partial charge in [0.1, 0.15) is 0 Å². The summed E-state index contributed by atoms with van der Waals surface area (Å²) in [6, 6.07) is 3.83. The molecule has 1 fully saturated rings. The Morgan fingerprint density at radius 2 is 2.35 bits per heavy atom. The van der Waals surface area contributed by atoms with Gasteiger partial charge in [-0.3, -0.25) is 4.79 Å². The summed E-state index contributed by atoms with van der Waals surface area (Å²) in [4.78, 5) is 17.9. The molecule has 4 nitrogen and oxygen atoms in total. The number of carbonyl (C=O) groups is 1. The number of ketones is 1. The molecule has 0 bridgehead atoms. The molecule has 2 heterocycles. The van der Waals surface area contributed by atoms with E-state index in [9.17, 15) is 4.79 Å². The number of rotatable bonds is 3. The second-order valence-corrected chi connectivity index (χ2v) is 4.37. The van der Waals surface area contributed by atoms with Crippen molar-refractivity contribution in [2.75, 3.05) is 18.6 Å². The first-order valence-electron chi connectivity index (χ1n) is 5.99. The quantitative estimate of drug-likeness (QED) is 0.802. The third-order valence-electron chi connectivity index (χ3n) is 3.23. The number of aromatic nitrogens is 1. The highest BCUT2D eigenvalue weighted by atomic mass is 16.5. The summed E-state index contributed by atoms with van der Waals surface area (Å²) in [7, 11) is 1.60. The van der Waals surface area contributed by atoms with Crippen molar-refractivity contribution in [2.45, 2.75) is 32.2 Å². The van der Waals surface area contributed by atoms with Gasteiger partial charge in [0, 0.05) is 24.5 Å². The summed E-state index contributed by atoms with van der Waals surface area (Å²) >= 11 is 0. The Hall–Kier alpha value is -1.58. The van der Waals surface area contributed by atoms with Crippen LogP contribution in [0.15, 0.2) is 18.3 Å². The number of anilines is 1. The maximum atomic E-state index is 11.6. The molecule has 1 unspecified atom stereocenters. The van der Waals surface area contributed by atoms with Crippen LogP contribution in [0, 0.1) is 0 Å².